The van der Waals surface area contributed by atoms with Crippen LogP contribution in [0, 0.1) is 0 Å². The van der Waals surface area contributed by atoms with Crippen molar-refractivity contribution in [2.45, 2.75) is 18.9 Å². The Morgan fingerprint density at radius 2 is 2.15 bits per heavy atom. The number of rotatable bonds is 5. The number of halogens is 1. The van der Waals surface area contributed by atoms with E-state index in [0.29, 0.717) is 22.7 Å². The van der Waals surface area contributed by atoms with Crippen molar-refractivity contribution in [2.24, 2.45) is 0 Å². The lowest BCUT2D eigenvalue weighted by Gasteiger charge is -2.13. The molecule has 3 aromatic rings. The molecule has 1 heterocycles. The first-order valence-corrected chi connectivity index (χ1v) is 9.25. The standard InChI is InChI=1S/C19H18BrN3O3/c20-15-10-11(4-7-17(15)25)19-22-18(23-26-19)14-3-1-2-13-12(14)5-6-16(13)21-8-9-24/h1-4,7,10,16,21,24-25H,5-6,8-9H2/t16-/m0/s1. The van der Waals surface area contributed by atoms with E-state index in [0.717, 1.165) is 24.0 Å². The Labute approximate surface area is 159 Å². The van der Waals surface area contributed by atoms with Crippen molar-refractivity contribution in [1.82, 2.24) is 15.5 Å². The number of aromatic nitrogens is 2. The normalized spacial score (nSPS) is 16.0. The molecule has 0 saturated carbocycles. The second kappa shape index (κ2) is 7.19. The second-order valence-electron chi connectivity index (χ2n) is 6.23. The molecular formula is C19H18BrN3O3. The Morgan fingerprint density at radius 1 is 1.27 bits per heavy atom. The van der Waals surface area contributed by atoms with Crippen molar-refractivity contribution in [3.63, 3.8) is 0 Å². The van der Waals surface area contributed by atoms with Gasteiger partial charge in [0.2, 0.25) is 5.82 Å². The molecule has 26 heavy (non-hydrogen) atoms. The number of aliphatic hydroxyl groups is 1. The van der Waals surface area contributed by atoms with Crippen LogP contribution in [0.1, 0.15) is 23.6 Å². The minimum atomic E-state index is 0.127. The van der Waals surface area contributed by atoms with Crippen LogP contribution in [0.4, 0.5) is 0 Å². The monoisotopic (exact) mass is 415 g/mol. The topological polar surface area (TPSA) is 91.4 Å². The van der Waals surface area contributed by atoms with E-state index in [1.165, 1.54) is 11.1 Å². The van der Waals surface area contributed by atoms with E-state index in [9.17, 15) is 5.11 Å². The summed E-state index contributed by atoms with van der Waals surface area (Å²) in [5.74, 6) is 1.13. The van der Waals surface area contributed by atoms with Gasteiger partial charge in [-0.1, -0.05) is 23.4 Å². The number of fused-ring (bicyclic) bond motifs is 1. The Hall–Kier alpha value is -2.22. The molecule has 0 amide bonds. The summed E-state index contributed by atoms with van der Waals surface area (Å²) >= 11 is 3.30. The summed E-state index contributed by atoms with van der Waals surface area (Å²) in [6.07, 6.45) is 1.92. The van der Waals surface area contributed by atoms with Gasteiger partial charge < -0.3 is 20.1 Å². The van der Waals surface area contributed by atoms with Crippen molar-refractivity contribution >= 4 is 15.9 Å². The molecule has 0 spiro atoms. The summed E-state index contributed by atoms with van der Waals surface area (Å²) in [7, 11) is 0. The molecule has 0 unspecified atom stereocenters. The van der Waals surface area contributed by atoms with Gasteiger partial charge in [-0.3, -0.25) is 0 Å². The lowest BCUT2D eigenvalue weighted by Crippen LogP contribution is -2.22. The third-order valence-electron chi connectivity index (χ3n) is 4.63. The van der Waals surface area contributed by atoms with Gasteiger partial charge in [-0.05, 0) is 58.1 Å². The SMILES string of the molecule is OCCN[C@H]1CCc2c(-c3noc(-c4ccc(O)c(Br)c4)n3)cccc21. The van der Waals surface area contributed by atoms with Gasteiger partial charge in [-0.25, -0.2) is 0 Å². The van der Waals surface area contributed by atoms with E-state index >= 15 is 0 Å². The fourth-order valence-corrected chi connectivity index (χ4v) is 3.78. The lowest BCUT2D eigenvalue weighted by atomic mass is 10.0. The van der Waals surface area contributed by atoms with Gasteiger partial charge in [-0.15, -0.1) is 0 Å². The summed E-state index contributed by atoms with van der Waals surface area (Å²) in [5, 5.41) is 26.2. The van der Waals surface area contributed by atoms with Crippen molar-refractivity contribution in [2.75, 3.05) is 13.2 Å². The molecule has 0 aliphatic heterocycles. The van der Waals surface area contributed by atoms with Crippen molar-refractivity contribution in [3.05, 3.63) is 52.0 Å². The molecule has 1 atom stereocenters. The van der Waals surface area contributed by atoms with Crippen LogP contribution in [-0.4, -0.2) is 33.5 Å². The van der Waals surface area contributed by atoms with E-state index in [1.807, 2.05) is 12.1 Å². The van der Waals surface area contributed by atoms with Crippen LogP contribution in [0.5, 0.6) is 5.75 Å². The van der Waals surface area contributed by atoms with Gasteiger partial charge in [0, 0.05) is 23.7 Å². The second-order valence-corrected chi connectivity index (χ2v) is 7.09. The molecule has 0 radical (unpaired) electrons. The number of aromatic hydroxyl groups is 1. The Morgan fingerprint density at radius 3 is 2.96 bits per heavy atom. The van der Waals surface area contributed by atoms with Gasteiger partial charge in [-0.2, -0.15) is 4.98 Å². The van der Waals surface area contributed by atoms with Gasteiger partial charge in [0.15, 0.2) is 0 Å². The molecule has 7 heteroatoms. The van der Waals surface area contributed by atoms with Crippen LogP contribution in [0.15, 0.2) is 45.4 Å². The third kappa shape index (κ3) is 3.13. The summed E-state index contributed by atoms with van der Waals surface area (Å²) in [6, 6.07) is 11.4. The number of phenolic OH excluding ortho intramolecular Hbond substituents is 1. The third-order valence-corrected chi connectivity index (χ3v) is 5.27. The Bertz CT molecular complexity index is 942. The minimum absolute atomic E-state index is 0.127. The summed E-state index contributed by atoms with van der Waals surface area (Å²) < 4.78 is 6.02. The lowest BCUT2D eigenvalue weighted by molar-refractivity contribution is 0.284. The molecule has 0 bridgehead atoms. The molecular weight excluding hydrogens is 398 g/mol. The number of hydrogen-bond donors (Lipinski definition) is 3. The Kier molecular flexibility index (Phi) is 4.76. The highest BCUT2D eigenvalue weighted by molar-refractivity contribution is 9.10. The van der Waals surface area contributed by atoms with E-state index < -0.39 is 0 Å². The maximum atomic E-state index is 9.63. The van der Waals surface area contributed by atoms with Crippen molar-refractivity contribution in [3.8, 4) is 28.6 Å². The predicted octanol–water partition coefficient (Wildman–Crippen LogP) is 3.44. The first-order chi connectivity index (χ1) is 12.7. The van der Waals surface area contributed by atoms with E-state index in [-0.39, 0.29) is 18.4 Å². The molecule has 0 saturated heterocycles. The zero-order valence-electron chi connectivity index (χ0n) is 13.9. The zero-order valence-corrected chi connectivity index (χ0v) is 15.5. The molecule has 1 aliphatic rings. The van der Waals surface area contributed by atoms with Crippen LogP contribution in [-0.2, 0) is 6.42 Å². The highest BCUT2D eigenvalue weighted by Gasteiger charge is 2.26. The fourth-order valence-electron chi connectivity index (χ4n) is 3.40. The molecule has 1 aromatic heterocycles. The van der Waals surface area contributed by atoms with E-state index in [4.69, 9.17) is 9.63 Å². The van der Waals surface area contributed by atoms with Crippen LogP contribution in [0.2, 0.25) is 0 Å². The number of benzene rings is 2. The highest BCUT2D eigenvalue weighted by Crippen LogP contribution is 2.37. The summed E-state index contributed by atoms with van der Waals surface area (Å²) in [6.45, 7) is 0.707. The zero-order chi connectivity index (χ0) is 18.1. The van der Waals surface area contributed by atoms with Crippen molar-refractivity contribution < 1.29 is 14.7 Å². The van der Waals surface area contributed by atoms with Crippen molar-refractivity contribution in [1.29, 1.82) is 0 Å². The molecule has 134 valence electrons. The molecule has 1 aliphatic carbocycles. The number of nitrogens with one attached hydrogen (secondary N) is 1. The smallest absolute Gasteiger partial charge is 0.258 e. The molecule has 2 aromatic carbocycles. The quantitative estimate of drug-likeness (QED) is 0.590. The maximum Gasteiger partial charge on any atom is 0.258 e. The fraction of sp³-hybridized carbons (Fsp3) is 0.263. The van der Waals surface area contributed by atoms with Gasteiger partial charge >= 0.3 is 0 Å². The Balaban J connectivity index is 1.66. The summed E-state index contributed by atoms with van der Waals surface area (Å²) in [5.41, 5.74) is 4.17. The molecule has 0 fully saturated rings. The summed E-state index contributed by atoms with van der Waals surface area (Å²) in [4.78, 5) is 4.55. The van der Waals surface area contributed by atoms with Gasteiger partial charge in [0.25, 0.3) is 5.89 Å². The number of nitrogens with zero attached hydrogens (tertiary/aromatic N) is 2. The number of aliphatic hydroxyl groups excluding tert-OH is 1. The van der Waals surface area contributed by atoms with E-state index in [1.54, 1.807) is 18.2 Å². The average molecular weight is 416 g/mol. The van der Waals surface area contributed by atoms with Crippen LogP contribution < -0.4 is 5.32 Å². The highest BCUT2D eigenvalue weighted by atomic mass is 79.9. The predicted molar refractivity (Wildman–Crippen MR) is 101 cm³/mol. The molecule has 3 N–H and O–H groups in total. The number of hydrogen-bond acceptors (Lipinski definition) is 6. The van der Waals surface area contributed by atoms with Gasteiger partial charge in [0.1, 0.15) is 5.75 Å². The van der Waals surface area contributed by atoms with Gasteiger partial charge in [0.05, 0.1) is 11.1 Å². The first kappa shape index (κ1) is 17.2. The largest absolute Gasteiger partial charge is 0.507 e. The molecule has 6 nitrogen and oxygen atoms in total. The number of phenols is 1. The average Bonchev–Trinajstić information content (AvgIpc) is 3.29. The maximum absolute atomic E-state index is 9.63. The first-order valence-electron chi connectivity index (χ1n) is 8.46. The van der Waals surface area contributed by atoms with Crippen LogP contribution >= 0.6 is 15.9 Å². The molecule has 4 rings (SSSR count). The van der Waals surface area contributed by atoms with Crippen LogP contribution in [0.25, 0.3) is 22.8 Å². The van der Waals surface area contributed by atoms with Crippen LogP contribution in [0.3, 0.4) is 0 Å². The minimum Gasteiger partial charge on any atom is -0.507 e. The van der Waals surface area contributed by atoms with E-state index in [2.05, 4.69) is 37.5 Å².